The van der Waals surface area contributed by atoms with Crippen molar-refractivity contribution < 1.29 is 53.3 Å². The third-order valence-electron chi connectivity index (χ3n) is 10.2. The van der Waals surface area contributed by atoms with E-state index < -0.39 is 47.6 Å². The summed E-state index contributed by atoms with van der Waals surface area (Å²) >= 11 is 0. The Bertz CT molecular complexity index is 2540. The molecule has 0 radical (unpaired) electrons. The summed E-state index contributed by atoms with van der Waals surface area (Å²) in [5.74, 6) is -0.126. The molecule has 6 aromatic carbocycles. The standard InChI is InChI=1S/C49H44O12/c1-30-42(51)44(53)45(54)49(59-30)61-48-43(52)41-37(50)24-36(55-26-31-14-6-2-7-15-31)25-38(41)60-46(48)35-22-39(56-27-32-16-8-3-9-17-32)47(58-29-34-20-12-5-13-21-34)40(23-35)57-28-33-18-10-4-11-19-33/h2-25,30,42,44-45,49-51,53-54H,26-29H2,1H3/t30-,42-,44?,45?,49-/m0/s1. The van der Waals surface area contributed by atoms with Gasteiger partial charge < -0.3 is 53.3 Å². The molecule has 12 nitrogen and oxygen atoms in total. The van der Waals surface area contributed by atoms with Gasteiger partial charge in [0.2, 0.25) is 23.2 Å². The number of fused-ring (bicyclic) bond motifs is 1. The van der Waals surface area contributed by atoms with Gasteiger partial charge in [-0.3, -0.25) is 4.79 Å². The van der Waals surface area contributed by atoms with E-state index in [1.807, 2.05) is 121 Å². The quantitative estimate of drug-likeness (QED) is 0.0798. The van der Waals surface area contributed by atoms with Crippen molar-refractivity contribution in [3.8, 4) is 45.8 Å². The van der Waals surface area contributed by atoms with Gasteiger partial charge in [0.15, 0.2) is 17.3 Å². The molecule has 0 aliphatic carbocycles. The van der Waals surface area contributed by atoms with Crippen LogP contribution in [0.25, 0.3) is 22.3 Å². The SMILES string of the molecule is C[C@@H]1O[C@@H](Oc2c(-c3cc(OCc4ccccc4)c(OCc4ccccc4)c(OCc4ccccc4)c3)oc3cc(OCc4ccccc4)cc(O)c3c2=O)C(O)C(O)[C@H]1O. The van der Waals surface area contributed by atoms with E-state index in [0.717, 1.165) is 22.3 Å². The molecular formula is C49H44O12. The summed E-state index contributed by atoms with van der Waals surface area (Å²) < 4.78 is 43.9. The molecular weight excluding hydrogens is 781 g/mol. The van der Waals surface area contributed by atoms with E-state index >= 15 is 0 Å². The highest BCUT2D eigenvalue weighted by Gasteiger charge is 2.44. The third kappa shape index (κ3) is 9.48. The average molecular weight is 825 g/mol. The zero-order valence-corrected chi connectivity index (χ0v) is 33.1. The average Bonchev–Trinajstić information content (AvgIpc) is 3.29. The van der Waals surface area contributed by atoms with Crippen molar-refractivity contribution >= 4 is 11.0 Å². The summed E-state index contributed by atoms with van der Waals surface area (Å²) in [7, 11) is 0. The van der Waals surface area contributed by atoms with Crippen LogP contribution < -0.4 is 29.1 Å². The van der Waals surface area contributed by atoms with E-state index in [9.17, 15) is 25.2 Å². The Morgan fingerprint density at radius 2 is 1.03 bits per heavy atom. The van der Waals surface area contributed by atoms with Gasteiger partial charge in [0.25, 0.3) is 0 Å². The van der Waals surface area contributed by atoms with Gasteiger partial charge in [0, 0.05) is 17.7 Å². The highest BCUT2D eigenvalue weighted by atomic mass is 16.7. The van der Waals surface area contributed by atoms with Gasteiger partial charge in [-0.05, 0) is 41.3 Å². The van der Waals surface area contributed by atoms with Crippen molar-refractivity contribution in [2.45, 2.75) is 64.1 Å². The van der Waals surface area contributed by atoms with Crippen LogP contribution in [0.5, 0.6) is 34.5 Å². The number of hydrogen-bond donors (Lipinski definition) is 4. The van der Waals surface area contributed by atoms with Gasteiger partial charge in [-0.25, -0.2) is 0 Å². The predicted molar refractivity (Wildman–Crippen MR) is 226 cm³/mol. The molecule has 7 aromatic rings. The zero-order valence-electron chi connectivity index (χ0n) is 33.1. The number of phenols is 1. The van der Waals surface area contributed by atoms with Crippen LogP contribution in [0.2, 0.25) is 0 Å². The molecule has 1 saturated heterocycles. The van der Waals surface area contributed by atoms with Crippen LogP contribution in [-0.2, 0) is 31.2 Å². The molecule has 12 heteroatoms. The summed E-state index contributed by atoms with van der Waals surface area (Å²) in [5, 5.41) is 43.2. The molecule has 2 heterocycles. The van der Waals surface area contributed by atoms with Gasteiger partial charge in [0.05, 0.1) is 6.10 Å². The van der Waals surface area contributed by atoms with E-state index in [4.69, 9.17) is 32.8 Å². The van der Waals surface area contributed by atoms with Crippen LogP contribution in [-0.4, -0.2) is 51.1 Å². The molecule has 61 heavy (non-hydrogen) atoms. The molecule has 1 aliphatic rings. The normalized spacial score (nSPS) is 18.7. The van der Waals surface area contributed by atoms with Crippen molar-refractivity contribution in [1.29, 1.82) is 0 Å². The molecule has 8 rings (SSSR count). The smallest absolute Gasteiger partial charge is 0.239 e. The Morgan fingerprint density at radius 3 is 1.54 bits per heavy atom. The van der Waals surface area contributed by atoms with E-state index in [1.54, 1.807) is 12.1 Å². The number of rotatable bonds is 15. The molecule has 0 spiro atoms. The van der Waals surface area contributed by atoms with Gasteiger partial charge >= 0.3 is 0 Å². The van der Waals surface area contributed by atoms with Crippen LogP contribution in [0.4, 0.5) is 0 Å². The fourth-order valence-electron chi connectivity index (χ4n) is 6.87. The Hall–Kier alpha value is -6.83. The fraction of sp³-hybridized carbons (Fsp3) is 0.204. The monoisotopic (exact) mass is 824 g/mol. The maximum Gasteiger partial charge on any atom is 0.239 e. The molecule has 4 N–H and O–H groups in total. The molecule has 1 fully saturated rings. The van der Waals surface area contributed by atoms with Crippen molar-refractivity contribution in [1.82, 2.24) is 0 Å². The summed E-state index contributed by atoms with van der Waals surface area (Å²) in [5.41, 5.74) is 2.85. The lowest BCUT2D eigenvalue weighted by atomic mass is 10.00. The topological polar surface area (TPSA) is 167 Å². The van der Waals surface area contributed by atoms with Gasteiger partial charge in [0.1, 0.15) is 67.2 Å². The fourth-order valence-corrected chi connectivity index (χ4v) is 6.87. The zero-order chi connectivity index (χ0) is 42.3. The Balaban J connectivity index is 1.29. The Labute approximate surface area is 351 Å². The van der Waals surface area contributed by atoms with Crippen LogP contribution >= 0.6 is 0 Å². The van der Waals surface area contributed by atoms with E-state index in [0.29, 0.717) is 0 Å². The van der Waals surface area contributed by atoms with Crippen LogP contribution in [0, 0.1) is 0 Å². The largest absolute Gasteiger partial charge is 0.507 e. The predicted octanol–water partition coefficient (Wildman–Crippen LogP) is 7.69. The van der Waals surface area contributed by atoms with Crippen LogP contribution in [0.3, 0.4) is 0 Å². The second-order valence-electron chi connectivity index (χ2n) is 14.6. The van der Waals surface area contributed by atoms with E-state index in [2.05, 4.69) is 0 Å². The number of hydrogen-bond acceptors (Lipinski definition) is 12. The van der Waals surface area contributed by atoms with Crippen molar-refractivity contribution in [2.24, 2.45) is 0 Å². The van der Waals surface area contributed by atoms with E-state index in [1.165, 1.54) is 19.1 Å². The van der Waals surface area contributed by atoms with Crippen molar-refractivity contribution in [3.05, 3.63) is 178 Å². The third-order valence-corrected chi connectivity index (χ3v) is 10.2. The van der Waals surface area contributed by atoms with Gasteiger partial charge in [-0.15, -0.1) is 0 Å². The van der Waals surface area contributed by atoms with Crippen molar-refractivity contribution in [3.63, 3.8) is 0 Å². The lowest BCUT2D eigenvalue weighted by Gasteiger charge is -2.38. The minimum absolute atomic E-state index is 0.0488. The first-order valence-corrected chi connectivity index (χ1v) is 19.8. The number of phenolic OH excluding ortho intramolecular Hbond substituents is 1. The molecule has 1 aliphatic heterocycles. The first-order valence-electron chi connectivity index (χ1n) is 19.8. The summed E-state index contributed by atoms with van der Waals surface area (Å²) in [6.07, 6.45) is -7.51. The lowest BCUT2D eigenvalue weighted by molar-refractivity contribution is -0.268. The minimum Gasteiger partial charge on any atom is -0.507 e. The first-order chi connectivity index (χ1) is 29.7. The highest BCUT2D eigenvalue weighted by molar-refractivity contribution is 5.88. The minimum atomic E-state index is -1.78. The van der Waals surface area contributed by atoms with Gasteiger partial charge in [-0.1, -0.05) is 121 Å². The molecule has 0 bridgehead atoms. The first kappa shape index (κ1) is 40.9. The highest BCUT2D eigenvalue weighted by Crippen LogP contribution is 2.46. The summed E-state index contributed by atoms with van der Waals surface area (Å²) in [6, 6.07) is 44.1. The molecule has 1 aromatic heterocycles. The number of aliphatic hydroxyl groups is 3. The summed E-state index contributed by atoms with van der Waals surface area (Å²) in [6.45, 7) is 2.08. The van der Waals surface area contributed by atoms with E-state index in [-0.39, 0.29) is 71.7 Å². The van der Waals surface area contributed by atoms with Crippen LogP contribution in [0.15, 0.2) is 155 Å². The summed E-state index contributed by atoms with van der Waals surface area (Å²) in [4.78, 5) is 14.6. The number of benzene rings is 6. The molecule has 0 amide bonds. The maximum absolute atomic E-state index is 14.6. The van der Waals surface area contributed by atoms with Crippen LogP contribution in [0.1, 0.15) is 29.2 Å². The molecule has 2 unspecified atom stereocenters. The van der Waals surface area contributed by atoms with Gasteiger partial charge in [-0.2, -0.15) is 0 Å². The molecule has 5 atom stereocenters. The molecule has 312 valence electrons. The Morgan fingerprint density at radius 1 is 0.557 bits per heavy atom. The lowest BCUT2D eigenvalue weighted by Crippen LogP contribution is -2.58. The molecule has 0 saturated carbocycles. The Kier molecular flexibility index (Phi) is 12.5. The van der Waals surface area contributed by atoms with Crippen molar-refractivity contribution in [2.75, 3.05) is 0 Å². The number of ether oxygens (including phenoxy) is 6. The number of aromatic hydroxyl groups is 1. The number of aliphatic hydroxyl groups excluding tert-OH is 3. The maximum atomic E-state index is 14.6. The second-order valence-corrected chi connectivity index (χ2v) is 14.6. The second kappa shape index (κ2) is 18.6.